The fourth-order valence-corrected chi connectivity index (χ4v) is 5.06. The second kappa shape index (κ2) is 9.53. The van der Waals surface area contributed by atoms with Crippen molar-refractivity contribution in [3.63, 3.8) is 0 Å². The molecule has 0 saturated carbocycles. The summed E-state index contributed by atoms with van der Waals surface area (Å²) in [4.78, 5) is 11.5. The third-order valence-electron chi connectivity index (χ3n) is 5.17. The number of rotatable bonds is 7. The summed E-state index contributed by atoms with van der Waals surface area (Å²) in [7, 11) is -3.47. The number of methoxy groups -OCH3 is 1. The fraction of sp³-hybridized carbons (Fsp3) is 0.174. The molecular formula is C23H18F5NO5S. The molecule has 3 aromatic carbocycles. The molecule has 0 atom stereocenters. The maximum absolute atomic E-state index is 14.5. The molecule has 6 nitrogen and oxygen atoms in total. The standard InChI is InChI=1S/C23H18F5NO5S/c1-11-8-12(2)22(15(9-11)23(30)31)29(35(32,33)14-6-4-13(34-3)5-7-14)10-16-17(24)19(26)21(28)20(27)18(16)25/h4-9H,10H2,1-3H3,(H,30,31). The van der Waals surface area contributed by atoms with Crippen molar-refractivity contribution in [3.05, 3.63) is 87.7 Å². The lowest BCUT2D eigenvalue weighted by Crippen LogP contribution is -2.34. The maximum Gasteiger partial charge on any atom is 0.337 e. The van der Waals surface area contributed by atoms with Crippen LogP contribution in [0.2, 0.25) is 0 Å². The van der Waals surface area contributed by atoms with Crippen LogP contribution in [0.3, 0.4) is 0 Å². The van der Waals surface area contributed by atoms with Gasteiger partial charge in [0, 0.05) is 0 Å². The minimum atomic E-state index is -4.80. The number of carboxylic acid groups (broad SMARTS) is 1. The van der Waals surface area contributed by atoms with Crippen LogP contribution < -0.4 is 9.04 Å². The molecule has 0 aromatic heterocycles. The quantitative estimate of drug-likeness (QED) is 0.269. The van der Waals surface area contributed by atoms with Gasteiger partial charge in [0.05, 0.1) is 35.4 Å². The molecule has 0 unspecified atom stereocenters. The van der Waals surface area contributed by atoms with Gasteiger partial charge in [0.25, 0.3) is 10.0 Å². The Bertz CT molecular complexity index is 1400. The number of carboxylic acids is 1. The van der Waals surface area contributed by atoms with E-state index < -0.39 is 73.3 Å². The Hall–Kier alpha value is -3.67. The maximum atomic E-state index is 14.5. The van der Waals surface area contributed by atoms with Crippen LogP contribution in [-0.4, -0.2) is 26.6 Å². The summed E-state index contributed by atoms with van der Waals surface area (Å²) in [6.45, 7) is 1.50. The summed E-state index contributed by atoms with van der Waals surface area (Å²) in [5.41, 5.74) is -1.99. The van der Waals surface area contributed by atoms with Crippen LogP contribution in [0.15, 0.2) is 41.3 Å². The van der Waals surface area contributed by atoms with Gasteiger partial charge in [-0.2, -0.15) is 0 Å². The number of anilines is 1. The minimum absolute atomic E-state index is 0.0726. The number of ether oxygens (including phenoxy) is 1. The number of carbonyl (C=O) groups is 1. The first-order valence-electron chi connectivity index (χ1n) is 9.82. The molecule has 186 valence electrons. The van der Waals surface area contributed by atoms with Gasteiger partial charge >= 0.3 is 5.97 Å². The van der Waals surface area contributed by atoms with E-state index in [1.807, 2.05) is 0 Å². The van der Waals surface area contributed by atoms with Crippen LogP contribution in [0.1, 0.15) is 27.0 Å². The van der Waals surface area contributed by atoms with Crippen molar-refractivity contribution in [3.8, 4) is 5.75 Å². The van der Waals surface area contributed by atoms with Crippen molar-refractivity contribution in [1.82, 2.24) is 0 Å². The van der Waals surface area contributed by atoms with Gasteiger partial charge in [0.1, 0.15) is 5.75 Å². The summed E-state index contributed by atoms with van der Waals surface area (Å²) >= 11 is 0. The third kappa shape index (κ3) is 4.65. The van der Waals surface area contributed by atoms with Gasteiger partial charge in [-0.1, -0.05) is 6.07 Å². The van der Waals surface area contributed by atoms with Crippen LogP contribution in [0.25, 0.3) is 0 Å². The Morgan fingerprint density at radius 1 is 0.914 bits per heavy atom. The first-order chi connectivity index (χ1) is 16.3. The lowest BCUT2D eigenvalue weighted by Gasteiger charge is -2.28. The number of benzene rings is 3. The highest BCUT2D eigenvalue weighted by molar-refractivity contribution is 7.92. The van der Waals surface area contributed by atoms with Crippen molar-refractivity contribution in [1.29, 1.82) is 0 Å². The van der Waals surface area contributed by atoms with Crippen molar-refractivity contribution in [2.45, 2.75) is 25.3 Å². The van der Waals surface area contributed by atoms with E-state index in [4.69, 9.17) is 4.74 Å². The first kappa shape index (κ1) is 25.9. The predicted octanol–water partition coefficient (Wildman–Crippen LogP) is 5.10. The molecule has 0 bridgehead atoms. The average Bonchev–Trinajstić information content (AvgIpc) is 2.81. The van der Waals surface area contributed by atoms with Gasteiger partial charge in [-0.05, 0) is 55.3 Å². The van der Waals surface area contributed by atoms with Crippen LogP contribution in [0, 0.1) is 42.9 Å². The van der Waals surface area contributed by atoms with E-state index >= 15 is 0 Å². The Kier molecular flexibility index (Phi) is 7.06. The zero-order chi connectivity index (χ0) is 26.2. The fourth-order valence-electron chi connectivity index (χ4n) is 3.55. The molecule has 0 aliphatic carbocycles. The Balaban J connectivity index is 2.35. The van der Waals surface area contributed by atoms with Crippen LogP contribution >= 0.6 is 0 Å². The number of hydrogen-bond acceptors (Lipinski definition) is 4. The van der Waals surface area contributed by atoms with Crippen molar-refractivity contribution in [2.75, 3.05) is 11.4 Å². The SMILES string of the molecule is COc1ccc(S(=O)(=O)N(Cc2c(F)c(F)c(F)c(F)c2F)c2c(C)cc(C)cc2C(=O)O)cc1. The molecule has 0 radical (unpaired) electrons. The monoisotopic (exact) mass is 515 g/mol. The molecule has 0 saturated heterocycles. The number of aromatic carboxylic acids is 1. The molecule has 0 spiro atoms. The molecule has 12 heteroatoms. The van der Waals surface area contributed by atoms with Gasteiger partial charge in [-0.25, -0.2) is 35.2 Å². The van der Waals surface area contributed by atoms with E-state index in [9.17, 15) is 40.3 Å². The first-order valence-corrected chi connectivity index (χ1v) is 11.3. The van der Waals surface area contributed by atoms with Gasteiger partial charge < -0.3 is 9.84 Å². The highest BCUT2D eigenvalue weighted by Crippen LogP contribution is 2.35. The highest BCUT2D eigenvalue weighted by Gasteiger charge is 2.34. The number of sulfonamides is 1. The van der Waals surface area contributed by atoms with E-state index in [0.717, 1.165) is 18.2 Å². The van der Waals surface area contributed by atoms with Gasteiger partial charge in [0.2, 0.25) is 5.82 Å². The number of nitrogens with zero attached hydrogens (tertiary/aromatic N) is 1. The number of hydrogen-bond donors (Lipinski definition) is 1. The Morgan fingerprint density at radius 3 is 1.91 bits per heavy atom. The summed E-state index contributed by atoms with van der Waals surface area (Å²) in [6.07, 6.45) is 0. The molecule has 0 aliphatic rings. The highest BCUT2D eigenvalue weighted by atomic mass is 32.2. The molecule has 3 aromatic rings. The van der Waals surface area contributed by atoms with Crippen LogP contribution in [0.5, 0.6) is 5.75 Å². The molecule has 0 fully saturated rings. The lowest BCUT2D eigenvalue weighted by molar-refractivity contribution is 0.0697. The number of aryl methyl sites for hydroxylation is 2. The second-order valence-corrected chi connectivity index (χ2v) is 9.38. The predicted molar refractivity (Wildman–Crippen MR) is 115 cm³/mol. The van der Waals surface area contributed by atoms with E-state index in [1.54, 1.807) is 0 Å². The molecule has 0 aliphatic heterocycles. The smallest absolute Gasteiger partial charge is 0.337 e. The molecule has 0 amide bonds. The summed E-state index contributed by atoms with van der Waals surface area (Å²) in [5, 5.41) is 9.71. The Morgan fingerprint density at radius 2 is 1.43 bits per heavy atom. The third-order valence-corrected chi connectivity index (χ3v) is 6.93. The van der Waals surface area contributed by atoms with Crippen molar-refractivity contribution < 1.29 is 45.0 Å². The molecule has 0 heterocycles. The van der Waals surface area contributed by atoms with Gasteiger partial charge in [-0.15, -0.1) is 0 Å². The number of halogens is 5. The molecule has 3 rings (SSSR count). The summed E-state index contributed by atoms with van der Waals surface area (Å²) < 4.78 is 103. The zero-order valence-corrected chi connectivity index (χ0v) is 19.3. The summed E-state index contributed by atoms with van der Waals surface area (Å²) in [5.74, 6) is -12.7. The topological polar surface area (TPSA) is 83.9 Å². The van der Waals surface area contributed by atoms with E-state index in [2.05, 4.69) is 0 Å². The molecule has 35 heavy (non-hydrogen) atoms. The second-order valence-electron chi connectivity index (χ2n) is 7.52. The van der Waals surface area contributed by atoms with Crippen molar-refractivity contribution in [2.24, 2.45) is 0 Å². The van der Waals surface area contributed by atoms with Crippen LogP contribution in [-0.2, 0) is 16.6 Å². The average molecular weight is 515 g/mol. The largest absolute Gasteiger partial charge is 0.497 e. The zero-order valence-electron chi connectivity index (χ0n) is 18.5. The van der Waals surface area contributed by atoms with Crippen molar-refractivity contribution >= 4 is 21.7 Å². The van der Waals surface area contributed by atoms with Crippen LogP contribution in [0.4, 0.5) is 27.6 Å². The van der Waals surface area contributed by atoms with Gasteiger partial charge in [0.15, 0.2) is 23.3 Å². The lowest BCUT2D eigenvalue weighted by atomic mass is 10.0. The van der Waals surface area contributed by atoms with E-state index in [1.165, 1.54) is 39.2 Å². The minimum Gasteiger partial charge on any atom is -0.497 e. The Labute approximate surface area is 197 Å². The normalized spacial score (nSPS) is 11.4. The van der Waals surface area contributed by atoms with E-state index in [-0.39, 0.29) is 11.3 Å². The van der Waals surface area contributed by atoms with Gasteiger partial charge in [-0.3, -0.25) is 4.31 Å². The van der Waals surface area contributed by atoms with E-state index in [0.29, 0.717) is 9.87 Å². The summed E-state index contributed by atoms with van der Waals surface area (Å²) in [6, 6.07) is 7.25. The molecule has 1 N–H and O–H groups in total. The molecular weight excluding hydrogens is 497 g/mol.